The van der Waals surface area contributed by atoms with E-state index in [1.807, 2.05) is 0 Å². The topological polar surface area (TPSA) is 318 Å². The fourth-order valence-corrected chi connectivity index (χ4v) is 16.3. The molecule has 6 aliphatic carbocycles. The zero-order valence-electron chi connectivity index (χ0n) is 65.1. The van der Waals surface area contributed by atoms with Crippen molar-refractivity contribution in [1.82, 2.24) is 0 Å². The Labute approximate surface area is 650 Å². The molecule has 0 N–H and O–H groups in total. The molecule has 8 aliphatic rings. The Morgan fingerprint density at radius 2 is 0.482 bits per heavy atom. The predicted molar refractivity (Wildman–Crippen MR) is 399 cm³/mol. The number of carbonyl (C=O) groups excluding carboxylic acids is 10. The highest BCUT2D eigenvalue weighted by atomic mass is 16.7. The minimum Gasteiger partial charge on any atom is -0.463 e. The number of esters is 10. The number of fused-ring (bicyclic) bond motifs is 1. The first kappa shape index (κ1) is 89.0. The average molecular weight is 1550 g/mol. The Balaban J connectivity index is 0.839. The lowest BCUT2D eigenvalue weighted by atomic mass is 9.83. The molecule has 110 heavy (non-hydrogen) atoms. The zero-order valence-corrected chi connectivity index (χ0v) is 65.1. The van der Waals surface area contributed by atoms with Crippen molar-refractivity contribution in [2.24, 2.45) is 35.5 Å². The van der Waals surface area contributed by atoms with Gasteiger partial charge >= 0.3 is 59.7 Å². The molecule has 6 unspecified atom stereocenters. The van der Waals surface area contributed by atoms with Gasteiger partial charge in [-0.25, -0.2) is 19.2 Å². The molecule has 2 aliphatic heterocycles. The lowest BCUT2D eigenvalue weighted by Gasteiger charge is -2.36. The Kier molecular flexibility index (Phi) is 40.3. The van der Waals surface area contributed by atoms with Crippen LogP contribution in [0.15, 0.2) is 50.6 Å². The molecule has 2 heterocycles. The molecule has 0 aromatic heterocycles. The van der Waals surface area contributed by atoms with E-state index in [1.165, 1.54) is 0 Å². The second-order valence-corrected chi connectivity index (χ2v) is 31.0. The lowest BCUT2D eigenvalue weighted by Crippen LogP contribution is -2.46. The Morgan fingerprint density at radius 1 is 0.255 bits per heavy atom. The summed E-state index contributed by atoms with van der Waals surface area (Å²) < 4.78 is 95.2. The van der Waals surface area contributed by atoms with Gasteiger partial charge in [0.15, 0.2) is 12.2 Å². The highest BCUT2D eigenvalue weighted by Gasteiger charge is 2.54. The van der Waals surface area contributed by atoms with Crippen LogP contribution in [0.1, 0.15) is 244 Å². The maximum Gasteiger partial charge on any atom is 0.330 e. The molecule has 0 bridgehead atoms. The first-order valence-electron chi connectivity index (χ1n) is 41.6. The van der Waals surface area contributed by atoms with Crippen molar-refractivity contribution in [3.63, 3.8) is 0 Å². The Bertz CT molecular complexity index is 2690. The number of carbonyl (C=O) groups is 10. The minimum absolute atomic E-state index is 0.00141. The molecule has 0 aromatic rings. The van der Waals surface area contributed by atoms with Gasteiger partial charge in [-0.1, -0.05) is 52.0 Å². The van der Waals surface area contributed by atoms with Crippen LogP contribution in [0.5, 0.6) is 0 Å². The molecule has 26 heteroatoms. The van der Waals surface area contributed by atoms with Gasteiger partial charge in [0.1, 0.15) is 36.6 Å². The van der Waals surface area contributed by atoms with Gasteiger partial charge in [0.25, 0.3) is 0 Å². The first-order chi connectivity index (χ1) is 53.5. The summed E-state index contributed by atoms with van der Waals surface area (Å²) in [7, 11) is 0. The van der Waals surface area contributed by atoms with Gasteiger partial charge in [0.05, 0.1) is 99.6 Å². The van der Waals surface area contributed by atoms with Gasteiger partial charge in [-0.15, -0.1) is 0 Å². The number of unbranched alkanes of at least 4 members (excludes halogenated alkanes) is 12. The van der Waals surface area contributed by atoms with Crippen LogP contribution in [0.4, 0.5) is 0 Å². The van der Waals surface area contributed by atoms with Gasteiger partial charge in [-0.05, 0) is 205 Å². The predicted octanol–water partition coefficient (Wildman–Crippen LogP) is 12.3. The van der Waals surface area contributed by atoms with E-state index >= 15 is 0 Å². The Morgan fingerprint density at radius 3 is 0.736 bits per heavy atom. The molecule has 0 spiro atoms. The van der Waals surface area contributed by atoms with Crippen molar-refractivity contribution >= 4 is 59.7 Å². The van der Waals surface area contributed by atoms with E-state index in [1.54, 1.807) is 0 Å². The molecule has 2 saturated heterocycles. The third-order valence-corrected chi connectivity index (χ3v) is 22.9. The molecule has 0 radical (unpaired) electrons. The molecule has 6 saturated carbocycles. The summed E-state index contributed by atoms with van der Waals surface area (Å²) in [5.74, 6) is -8.02. The van der Waals surface area contributed by atoms with Gasteiger partial charge < -0.3 is 75.8 Å². The maximum atomic E-state index is 14.8. The Hall–Kier alpha value is -6.58. The highest BCUT2D eigenvalue weighted by molar-refractivity contribution is 5.83. The molecule has 10 atom stereocenters. The van der Waals surface area contributed by atoms with E-state index in [4.69, 9.17) is 75.8 Å². The van der Waals surface area contributed by atoms with E-state index in [2.05, 4.69) is 26.3 Å². The van der Waals surface area contributed by atoms with Gasteiger partial charge in [0.2, 0.25) is 0 Å². The van der Waals surface area contributed by atoms with Crippen LogP contribution in [-0.2, 0) is 124 Å². The van der Waals surface area contributed by atoms with Crippen LogP contribution in [0.3, 0.4) is 0 Å². The molecule has 0 aromatic carbocycles. The smallest absolute Gasteiger partial charge is 0.330 e. The summed E-state index contributed by atoms with van der Waals surface area (Å²) >= 11 is 0. The van der Waals surface area contributed by atoms with E-state index in [0.717, 1.165) is 127 Å². The van der Waals surface area contributed by atoms with Crippen LogP contribution in [0.25, 0.3) is 0 Å². The van der Waals surface area contributed by atoms with Crippen LogP contribution >= 0.6 is 0 Å². The molecule has 8 rings (SSSR count). The second-order valence-electron chi connectivity index (χ2n) is 31.0. The van der Waals surface area contributed by atoms with Gasteiger partial charge in [-0.3, -0.25) is 28.8 Å². The zero-order chi connectivity index (χ0) is 78.2. The van der Waals surface area contributed by atoms with E-state index in [9.17, 15) is 47.9 Å². The summed E-state index contributed by atoms with van der Waals surface area (Å²) in [6, 6.07) is 0. The van der Waals surface area contributed by atoms with Gasteiger partial charge in [-0.2, -0.15) is 0 Å². The van der Waals surface area contributed by atoms with Crippen LogP contribution in [-0.4, -0.2) is 199 Å². The summed E-state index contributed by atoms with van der Waals surface area (Å²) in [4.78, 5) is 131. The van der Waals surface area contributed by atoms with Crippen LogP contribution in [0, 0.1) is 35.5 Å². The van der Waals surface area contributed by atoms with Crippen molar-refractivity contribution in [2.75, 3.05) is 66.1 Å². The third kappa shape index (κ3) is 31.1. The molecular formula is C84H126O26. The molecule has 26 nitrogen and oxygen atoms in total. The first-order valence-corrected chi connectivity index (χ1v) is 41.6. The van der Waals surface area contributed by atoms with Crippen molar-refractivity contribution < 1.29 is 124 Å². The van der Waals surface area contributed by atoms with E-state index in [-0.39, 0.29) is 87.1 Å². The SMILES string of the molecule is C=CC(=O)OCCCCCCOC1CCC(C(=O)OC2CCC(OC(=O)C3CCC(OCCCCCCOC(=O)C=C)CC3)C(C(=O)O[C@@H]3CO[C@H]4[C@@H]3OC[C@H]4OC(=O)C3CC(OC(=O)C4CCC(OCCCCCCOC(=O)C=C)CC4)CCC3OC(=O)C3CCC(OCCCCCCOC(=O)C=C)CC3)C2)CC1. The van der Waals surface area contributed by atoms with Crippen molar-refractivity contribution in [1.29, 1.82) is 0 Å². The lowest BCUT2D eigenvalue weighted by molar-refractivity contribution is -0.182. The van der Waals surface area contributed by atoms with Crippen molar-refractivity contribution in [3.8, 4) is 0 Å². The monoisotopic (exact) mass is 1550 g/mol. The quantitative estimate of drug-likeness (QED) is 0.0236. The fraction of sp³-hybridized carbons (Fsp3) is 0.786. The van der Waals surface area contributed by atoms with Crippen molar-refractivity contribution in [2.45, 2.75) is 317 Å². The maximum absolute atomic E-state index is 14.8. The number of ether oxygens (including phenoxy) is 16. The highest BCUT2D eigenvalue weighted by Crippen LogP contribution is 2.40. The average Bonchev–Trinajstić information content (AvgIpc) is 1.62. The molecular weight excluding hydrogens is 1420 g/mol. The summed E-state index contributed by atoms with van der Waals surface area (Å²) in [5.41, 5.74) is 0. The summed E-state index contributed by atoms with van der Waals surface area (Å²) in [6.07, 6.45) is 23.3. The number of hydrogen-bond acceptors (Lipinski definition) is 26. The third-order valence-electron chi connectivity index (χ3n) is 22.9. The molecule has 0 amide bonds. The standard InChI is InChI=1S/C84H126O26/c1-5-73(85)99-49-21-13-9-17-45-95-61-33-25-57(26-34-61)79(89)105-65-41-43-69(107-81(91)59-29-37-63(38-30-59)97-47-19-11-15-23-51-101-75(87)7-3)67(53-65)83(93)109-71-55-103-78-72(56-104-77(71)78)110-84(94)68-54-66(106-80(90)58-27-35-62(36-28-58)96-46-18-10-14-22-50-100-74(86)6-2)42-44-70(68)108-82(92)60-31-39-64(40-32-60)98-48-20-12-16-24-52-102-76(88)8-4/h5-8,57-72,77-78H,1-4,9-56H2/t57?,58?,59?,60?,61?,62?,63?,64?,65?,66?,67?,68?,69?,70?,71-,72-,77-,78-/m1/s1. The van der Waals surface area contributed by atoms with Crippen LogP contribution < -0.4 is 0 Å². The second kappa shape index (κ2) is 49.8. The fourth-order valence-electron chi connectivity index (χ4n) is 16.3. The van der Waals surface area contributed by atoms with E-state index in [0.29, 0.717) is 168 Å². The number of rotatable bonds is 48. The largest absolute Gasteiger partial charge is 0.463 e. The minimum atomic E-state index is -1.00. The van der Waals surface area contributed by atoms with E-state index < -0.39 is 120 Å². The summed E-state index contributed by atoms with van der Waals surface area (Å²) in [5, 5.41) is 0. The van der Waals surface area contributed by atoms with Crippen molar-refractivity contribution in [3.05, 3.63) is 50.6 Å². The van der Waals surface area contributed by atoms with Gasteiger partial charge in [0, 0.05) is 63.6 Å². The molecule has 8 fully saturated rings. The normalized spacial score (nSPS) is 29.3. The number of hydrogen-bond donors (Lipinski definition) is 0. The summed E-state index contributed by atoms with van der Waals surface area (Å²) in [6.45, 7) is 17.3. The van der Waals surface area contributed by atoms with Crippen LogP contribution in [0.2, 0.25) is 0 Å². The molecule has 618 valence electrons.